The summed E-state index contributed by atoms with van der Waals surface area (Å²) in [6.07, 6.45) is 3.15. The van der Waals surface area contributed by atoms with E-state index in [0.717, 1.165) is 25.3 Å². The van der Waals surface area contributed by atoms with Gasteiger partial charge in [-0.2, -0.15) is 0 Å². The molecule has 0 saturated heterocycles. The lowest BCUT2D eigenvalue weighted by atomic mass is 10.0. The Bertz CT molecular complexity index is 190. The van der Waals surface area contributed by atoms with Crippen LogP contribution in [0.3, 0.4) is 0 Å². The second-order valence-electron chi connectivity index (χ2n) is 5.20. The van der Waals surface area contributed by atoms with E-state index >= 15 is 0 Å². The van der Waals surface area contributed by atoms with Gasteiger partial charge in [-0.15, -0.1) is 0 Å². The Morgan fingerprint density at radius 2 is 1.81 bits per heavy atom. The third-order valence-electron chi connectivity index (χ3n) is 2.54. The van der Waals surface area contributed by atoms with Crippen LogP contribution in [0.15, 0.2) is 0 Å². The van der Waals surface area contributed by atoms with E-state index in [4.69, 9.17) is 4.74 Å². The minimum Gasteiger partial charge on any atom is -0.468 e. The van der Waals surface area contributed by atoms with Crippen molar-refractivity contribution in [3.63, 3.8) is 0 Å². The molecule has 0 rings (SSSR count). The normalized spacial score (nSPS) is 13.2. The summed E-state index contributed by atoms with van der Waals surface area (Å²) in [5, 5.41) is 3.28. The zero-order valence-electron chi connectivity index (χ0n) is 11.4. The number of hydrogen-bond donors (Lipinski definition) is 1. The summed E-state index contributed by atoms with van der Waals surface area (Å²) in [5.41, 5.74) is 0. The maximum absolute atomic E-state index is 11.5. The molecule has 16 heavy (non-hydrogen) atoms. The van der Waals surface area contributed by atoms with Gasteiger partial charge in [-0.25, -0.2) is 0 Å². The molecule has 96 valence electrons. The van der Waals surface area contributed by atoms with Crippen molar-refractivity contribution in [2.24, 2.45) is 11.8 Å². The zero-order chi connectivity index (χ0) is 12.6. The van der Waals surface area contributed by atoms with Crippen LogP contribution < -0.4 is 5.32 Å². The predicted octanol–water partition coefficient (Wildman–Crippen LogP) is 2.60. The summed E-state index contributed by atoms with van der Waals surface area (Å²) in [5.74, 6) is 1.09. The van der Waals surface area contributed by atoms with Crippen LogP contribution >= 0.6 is 0 Å². The molecule has 3 nitrogen and oxygen atoms in total. The lowest BCUT2D eigenvalue weighted by Crippen LogP contribution is -2.39. The second kappa shape index (κ2) is 8.57. The number of rotatable bonds is 8. The van der Waals surface area contributed by atoms with E-state index in [1.165, 1.54) is 13.5 Å². The molecule has 0 fully saturated rings. The molecule has 1 unspecified atom stereocenters. The third-order valence-corrected chi connectivity index (χ3v) is 2.54. The van der Waals surface area contributed by atoms with Crippen LogP contribution in [0, 0.1) is 11.8 Å². The molecule has 3 heteroatoms. The Morgan fingerprint density at radius 1 is 1.19 bits per heavy atom. The highest BCUT2D eigenvalue weighted by Crippen LogP contribution is 2.07. The molecule has 1 atom stereocenters. The molecule has 0 aliphatic carbocycles. The van der Waals surface area contributed by atoms with Gasteiger partial charge < -0.3 is 10.1 Å². The van der Waals surface area contributed by atoms with Crippen molar-refractivity contribution in [3.05, 3.63) is 0 Å². The lowest BCUT2D eigenvalue weighted by Gasteiger charge is -2.18. The summed E-state index contributed by atoms with van der Waals surface area (Å²) in [4.78, 5) is 11.5. The first-order valence-electron chi connectivity index (χ1n) is 6.28. The van der Waals surface area contributed by atoms with Crippen LogP contribution in [0.1, 0.15) is 47.0 Å². The summed E-state index contributed by atoms with van der Waals surface area (Å²) < 4.78 is 4.79. The number of methoxy groups -OCH3 is 1. The highest BCUT2D eigenvalue weighted by molar-refractivity contribution is 5.75. The molecular formula is C13H27NO2. The first kappa shape index (κ1) is 15.4. The van der Waals surface area contributed by atoms with Crippen molar-refractivity contribution < 1.29 is 9.53 Å². The van der Waals surface area contributed by atoms with Crippen molar-refractivity contribution in [1.82, 2.24) is 5.32 Å². The van der Waals surface area contributed by atoms with Gasteiger partial charge in [-0.1, -0.05) is 27.7 Å². The van der Waals surface area contributed by atoms with Crippen LogP contribution in [-0.2, 0) is 9.53 Å². The summed E-state index contributed by atoms with van der Waals surface area (Å²) in [6.45, 7) is 9.56. The molecule has 0 radical (unpaired) electrons. The van der Waals surface area contributed by atoms with Gasteiger partial charge in [-0.05, 0) is 37.6 Å². The number of carbonyl (C=O) groups excluding carboxylic acids is 1. The van der Waals surface area contributed by atoms with Crippen LogP contribution in [0.4, 0.5) is 0 Å². The van der Waals surface area contributed by atoms with Gasteiger partial charge >= 0.3 is 5.97 Å². The summed E-state index contributed by atoms with van der Waals surface area (Å²) in [7, 11) is 1.45. The molecule has 0 aliphatic rings. The van der Waals surface area contributed by atoms with Crippen molar-refractivity contribution in [2.45, 2.75) is 53.0 Å². The Balaban J connectivity index is 3.88. The largest absolute Gasteiger partial charge is 0.468 e. The standard InChI is InChI=1S/C13H27NO2/c1-10(2)7-6-8-14-12(9-11(3)4)13(15)16-5/h10-12,14H,6-9H2,1-5H3. The quantitative estimate of drug-likeness (QED) is 0.513. The summed E-state index contributed by atoms with van der Waals surface area (Å²) in [6, 6.07) is -0.142. The number of esters is 1. The van der Waals surface area contributed by atoms with E-state index < -0.39 is 0 Å². The van der Waals surface area contributed by atoms with E-state index in [9.17, 15) is 4.79 Å². The Hall–Kier alpha value is -0.570. The molecule has 1 N–H and O–H groups in total. The van der Waals surface area contributed by atoms with E-state index in [0.29, 0.717) is 5.92 Å². The molecule has 0 aromatic carbocycles. The Morgan fingerprint density at radius 3 is 2.25 bits per heavy atom. The number of nitrogens with one attached hydrogen (secondary N) is 1. The molecule has 0 aromatic rings. The predicted molar refractivity (Wildman–Crippen MR) is 67.3 cm³/mol. The average Bonchev–Trinajstić information content (AvgIpc) is 2.20. The van der Waals surface area contributed by atoms with Gasteiger partial charge in [0.1, 0.15) is 6.04 Å². The van der Waals surface area contributed by atoms with Crippen molar-refractivity contribution >= 4 is 5.97 Å². The van der Waals surface area contributed by atoms with Crippen LogP contribution in [-0.4, -0.2) is 25.7 Å². The number of carbonyl (C=O) groups is 1. The van der Waals surface area contributed by atoms with Gasteiger partial charge in [0.05, 0.1) is 7.11 Å². The monoisotopic (exact) mass is 229 g/mol. The second-order valence-corrected chi connectivity index (χ2v) is 5.20. The van der Waals surface area contributed by atoms with Crippen molar-refractivity contribution in [2.75, 3.05) is 13.7 Å². The topological polar surface area (TPSA) is 38.3 Å². The molecule has 0 heterocycles. The Labute approximate surface area is 99.9 Å². The van der Waals surface area contributed by atoms with Crippen molar-refractivity contribution in [3.8, 4) is 0 Å². The van der Waals surface area contributed by atoms with E-state index in [1.807, 2.05) is 0 Å². The fourth-order valence-corrected chi connectivity index (χ4v) is 1.66. The smallest absolute Gasteiger partial charge is 0.322 e. The molecule has 0 spiro atoms. The summed E-state index contributed by atoms with van der Waals surface area (Å²) >= 11 is 0. The number of ether oxygens (including phenoxy) is 1. The van der Waals surface area contributed by atoms with E-state index in [1.54, 1.807) is 0 Å². The molecule has 0 aliphatic heterocycles. The minimum absolute atomic E-state index is 0.141. The number of hydrogen-bond acceptors (Lipinski definition) is 3. The maximum Gasteiger partial charge on any atom is 0.322 e. The van der Waals surface area contributed by atoms with Gasteiger partial charge in [-0.3, -0.25) is 4.79 Å². The molecule has 0 saturated carbocycles. The first-order valence-corrected chi connectivity index (χ1v) is 6.28. The van der Waals surface area contributed by atoms with Gasteiger partial charge in [0, 0.05) is 0 Å². The maximum atomic E-state index is 11.5. The zero-order valence-corrected chi connectivity index (χ0v) is 11.4. The van der Waals surface area contributed by atoms with Gasteiger partial charge in [0.25, 0.3) is 0 Å². The van der Waals surface area contributed by atoms with Crippen molar-refractivity contribution in [1.29, 1.82) is 0 Å². The van der Waals surface area contributed by atoms with Crippen LogP contribution in [0.5, 0.6) is 0 Å². The fraction of sp³-hybridized carbons (Fsp3) is 0.923. The highest BCUT2D eigenvalue weighted by Gasteiger charge is 2.19. The highest BCUT2D eigenvalue weighted by atomic mass is 16.5. The van der Waals surface area contributed by atoms with Gasteiger partial charge in [0.2, 0.25) is 0 Å². The molecule has 0 amide bonds. The first-order chi connectivity index (χ1) is 7.47. The van der Waals surface area contributed by atoms with Gasteiger partial charge in [0.15, 0.2) is 0 Å². The average molecular weight is 229 g/mol. The molecule has 0 aromatic heterocycles. The fourth-order valence-electron chi connectivity index (χ4n) is 1.66. The lowest BCUT2D eigenvalue weighted by molar-refractivity contribution is -0.143. The Kier molecular flexibility index (Phi) is 8.26. The minimum atomic E-state index is -0.142. The molecular weight excluding hydrogens is 202 g/mol. The van der Waals surface area contributed by atoms with Crippen LogP contribution in [0.25, 0.3) is 0 Å². The molecule has 0 bridgehead atoms. The van der Waals surface area contributed by atoms with Crippen LogP contribution in [0.2, 0.25) is 0 Å². The van der Waals surface area contributed by atoms with E-state index in [2.05, 4.69) is 33.0 Å². The SMILES string of the molecule is COC(=O)C(CC(C)C)NCCCC(C)C. The van der Waals surface area contributed by atoms with E-state index in [-0.39, 0.29) is 12.0 Å². The third kappa shape index (κ3) is 7.69.